The maximum atomic E-state index is 12.0. The molecule has 0 aromatic carbocycles. The zero-order valence-electron chi connectivity index (χ0n) is 8.66. The maximum Gasteiger partial charge on any atom is 0.264 e. The molecule has 1 heterocycles. The highest BCUT2D eigenvalue weighted by Crippen LogP contribution is 2.33. The molecule has 1 aromatic heterocycles. The molecule has 0 saturated carbocycles. The Morgan fingerprint density at radius 3 is 2.56 bits per heavy atom. The van der Waals surface area contributed by atoms with Crippen molar-refractivity contribution in [3.63, 3.8) is 0 Å². The Bertz CT molecular complexity index is 414. The molecule has 16 heavy (non-hydrogen) atoms. The van der Waals surface area contributed by atoms with E-state index >= 15 is 0 Å². The van der Waals surface area contributed by atoms with Crippen molar-refractivity contribution in [1.29, 1.82) is 0 Å². The summed E-state index contributed by atoms with van der Waals surface area (Å²) in [7, 11) is 1.69. The van der Waals surface area contributed by atoms with Gasteiger partial charge in [0.2, 0.25) is 0 Å². The molecular formula is C9H10Br2N2OS2. The molecule has 7 heteroatoms. The molecule has 0 aliphatic carbocycles. The predicted octanol–water partition coefficient (Wildman–Crippen LogP) is 3.02. The Kier molecular flexibility index (Phi) is 4.90. The lowest BCUT2D eigenvalue weighted by Crippen LogP contribution is -2.42. The molecule has 3 nitrogen and oxygen atoms in total. The summed E-state index contributed by atoms with van der Waals surface area (Å²) in [6.07, 6.45) is 0. The molecule has 1 atom stereocenters. The van der Waals surface area contributed by atoms with E-state index in [0.717, 1.165) is 8.26 Å². The summed E-state index contributed by atoms with van der Waals surface area (Å²) in [5, 5.41) is 0. The summed E-state index contributed by atoms with van der Waals surface area (Å²) in [6, 6.07) is 1.53. The topological polar surface area (TPSA) is 46.3 Å². The van der Waals surface area contributed by atoms with Gasteiger partial charge in [-0.05, 0) is 44.8 Å². The van der Waals surface area contributed by atoms with E-state index in [1.807, 2.05) is 0 Å². The Morgan fingerprint density at radius 2 is 2.19 bits per heavy atom. The second kappa shape index (κ2) is 5.57. The number of rotatable bonds is 3. The molecule has 0 fully saturated rings. The first-order valence-corrected chi connectivity index (χ1v) is 7.17. The van der Waals surface area contributed by atoms with Crippen molar-refractivity contribution in [1.82, 2.24) is 4.90 Å². The van der Waals surface area contributed by atoms with E-state index in [1.165, 1.54) is 16.2 Å². The van der Waals surface area contributed by atoms with Gasteiger partial charge < -0.3 is 10.6 Å². The van der Waals surface area contributed by atoms with Gasteiger partial charge in [0.15, 0.2) is 0 Å². The molecule has 2 N–H and O–H groups in total. The summed E-state index contributed by atoms with van der Waals surface area (Å²) in [4.78, 5) is 14.5. The van der Waals surface area contributed by atoms with Gasteiger partial charge in [0, 0.05) is 11.5 Å². The third-order valence-corrected chi connectivity index (χ3v) is 5.75. The van der Waals surface area contributed by atoms with Crippen molar-refractivity contribution >= 4 is 66.3 Å². The van der Waals surface area contributed by atoms with Crippen molar-refractivity contribution in [3.05, 3.63) is 19.2 Å². The number of thiophene rings is 1. The number of halogens is 2. The number of nitrogens with two attached hydrogens (primary N) is 1. The van der Waals surface area contributed by atoms with Gasteiger partial charge in [-0.1, -0.05) is 12.2 Å². The molecule has 0 spiro atoms. The van der Waals surface area contributed by atoms with Gasteiger partial charge in [0.05, 0.1) is 19.7 Å². The first-order chi connectivity index (χ1) is 7.34. The van der Waals surface area contributed by atoms with Crippen LogP contribution in [0.2, 0.25) is 0 Å². The minimum absolute atomic E-state index is 0.0864. The first kappa shape index (κ1) is 14.1. The van der Waals surface area contributed by atoms with Crippen LogP contribution in [0.4, 0.5) is 0 Å². The highest BCUT2D eigenvalue weighted by Gasteiger charge is 2.21. The van der Waals surface area contributed by atoms with Crippen LogP contribution in [-0.2, 0) is 0 Å². The number of likely N-dealkylation sites (N-methyl/N-ethyl adjacent to an activating group) is 1. The number of amides is 1. The second-order valence-electron chi connectivity index (χ2n) is 3.23. The van der Waals surface area contributed by atoms with Crippen LogP contribution < -0.4 is 5.73 Å². The molecule has 1 aromatic rings. The van der Waals surface area contributed by atoms with E-state index in [-0.39, 0.29) is 11.9 Å². The van der Waals surface area contributed by atoms with Crippen molar-refractivity contribution in [3.8, 4) is 0 Å². The highest BCUT2D eigenvalue weighted by atomic mass is 79.9. The molecule has 0 aliphatic rings. The van der Waals surface area contributed by atoms with E-state index < -0.39 is 0 Å². The summed E-state index contributed by atoms with van der Waals surface area (Å²) in [5.41, 5.74) is 5.51. The summed E-state index contributed by atoms with van der Waals surface area (Å²) in [6.45, 7) is 1.80. The number of nitrogens with zero attached hydrogens (tertiary/aromatic N) is 1. The monoisotopic (exact) mass is 384 g/mol. The predicted molar refractivity (Wildman–Crippen MR) is 78.1 cm³/mol. The lowest BCUT2D eigenvalue weighted by molar-refractivity contribution is 0.0783. The Balaban J connectivity index is 2.90. The van der Waals surface area contributed by atoms with Gasteiger partial charge in [-0.25, -0.2) is 0 Å². The fourth-order valence-corrected chi connectivity index (χ4v) is 3.17. The van der Waals surface area contributed by atoms with Gasteiger partial charge >= 0.3 is 0 Å². The molecule has 1 unspecified atom stereocenters. The largest absolute Gasteiger partial charge is 0.392 e. The van der Waals surface area contributed by atoms with E-state index in [0.29, 0.717) is 9.87 Å². The lowest BCUT2D eigenvalue weighted by atomic mass is 10.3. The third-order valence-electron chi connectivity index (χ3n) is 2.17. The zero-order valence-corrected chi connectivity index (χ0v) is 13.5. The number of carbonyl (C=O) groups excluding carboxylic acids is 1. The van der Waals surface area contributed by atoms with Crippen LogP contribution in [0.15, 0.2) is 14.3 Å². The Morgan fingerprint density at radius 1 is 1.62 bits per heavy atom. The first-order valence-electron chi connectivity index (χ1n) is 4.36. The molecule has 0 saturated heterocycles. The van der Waals surface area contributed by atoms with Gasteiger partial charge in [-0.3, -0.25) is 4.79 Å². The number of carbonyl (C=O) groups is 1. The van der Waals surface area contributed by atoms with Crippen LogP contribution in [0.25, 0.3) is 0 Å². The SMILES string of the molecule is CC(C(N)=S)N(C)C(=O)c1cc(Br)c(Br)s1. The quantitative estimate of drug-likeness (QED) is 0.813. The fraction of sp³-hybridized carbons (Fsp3) is 0.333. The van der Waals surface area contributed by atoms with E-state index in [4.69, 9.17) is 18.0 Å². The number of hydrogen-bond acceptors (Lipinski definition) is 3. The minimum Gasteiger partial charge on any atom is -0.392 e. The Labute approximate surface area is 120 Å². The van der Waals surface area contributed by atoms with Crippen LogP contribution in [-0.4, -0.2) is 28.9 Å². The fourth-order valence-electron chi connectivity index (χ4n) is 0.993. The van der Waals surface area contributed by atoms with Crippen LogP contribution in [0.3, 0.4) is 0 Å². The maximum absolute atomic E-state index is 12.0. The van der Waals surface area contributed by atoms with Gasteiger partial charge in [0.25, 0.3) is 5.91 Å². The summed E-state index contributed by atoms with van der Waals surface area (Å²) < 4.78 is 1.77. The van der Waals surface area contributed by atoms with E-state index in [9.17, 15) is 4.79 Å². The highest BCUT2D eigenvalue weighted by molar-refractivity contribution is 9.13. The van der Waals surface area contributed by atoms with E-state index in [1.54, 1.807) is 20.0 Å². The van der Waals surface area contributed by atoms with Crippen LogP contribution in [0, 0.1) is 0 Å². The number of thiocarbonyl (C=S) groups is 1. The molecule has 1 rings (SSSR count). The minimum atomic E-state index is -0.248. The molecule has 0 bridgehead atoms. The molecule has 1 amide bonds. The second-order valence-corrected chi connectivity index (χ2v) is 6.92. The van der Waals surface area contributed by atoms with Crippen LogP contribution in [0.1, 0.15) is 16.6 Å². The average Bonchev–Trinajstić information content (AvgIpc) is 2.55. The Hall–Kier alpha value is 0.0200. The van der Waals surface area contributed by atoms with Crippen molar-refractivity contribution in [2.75, 3.05) is 7.05 Å². The van der Waals surface area contributed by atoms with Gasteiger partial charge in [-0.2, -0.15) is 0 Å². The smallest absolute Gasteiger partial charge is 0.264 e. The summed E-state index contributed by atoms with van der Waals surface area (Å²) >= 11 is 12.9. The van der Waals surface area contributed by atoms with Crippen LogP contribution >= 0.6 is 55.4 Å². The molecule has 88 valence electrons. The lowest BCUT2D eigenvalue weighted by Gasteiger charge is -2.23. The van der Waals surface area contributed by atoms with Crippen molar-refractivity contribution < 1.29 is 4.79 Å². The van der Waals surface area contributed by atoms with Gasteiger partial charge in [0.1, 0.15) is 0 Å². The standard InChI is InChI=1S/C9H10Br2N2OS2/c1-4(8(12)15)13(2)9(14)6-3-5(10)7(11)16-6/h3-4H,1-2H3,(H2,12,15). The molecule has 0 aliphatic heterocycles. The molecule has 0 radical (unpaired) electrons. The average molecular weight is 386 g/mol. The van der Waals surface area contributed by atoms with E-state index in [2.05, 4.69) is 31.9 Å². The third kappa shape index (κ3) is 3.03. The van der Waals surface area contributed by atoms with Crippen LogP contribution in [0.5, 0.6) is 0 Å². The van der Waals surface area contributed by atoms with Gasteiger partial charge in [-0.15, -0.1) is 11.3 Å². The van der Waals surface area contributed by atoms with Crippen molar-refractivity contribution in [2.45, 2.75) is 13.0 Å². The normalized spacial score (nSPS) is 12.2. The molecular weight excluding hydrogens is 376 g/mol. The summed E-state index contributed by atoms with van der Waals surface area (Å²) in [5.74, 6) is -0.0864. The number of hydrogen-bond donors (Lipinski definition) is 1. The zero-order chi connectivity index (χ0) is 12.5. The van der Waals surface area contributed by atoms with Crippen molar-refractivity contribution in [2.24, 2.45) is 5.73 Å².